The Hall–Kier alpha value is -1.40. The molecule has 0 bridgehead atoms. The van der Waals surface area contributed by atoms with Crippen molar-refractivity contribution in [3.8, 4) is 0 Å². The highest BCUT2D eigenvalue weighted by Gasteiger charge is 2.38. The van der Waals surface area contributed by atoms with E-state index in [1.807, 2.05) is 6.92 Å². The first-order valence-electron chi connectivity index (χ1n) is 5.70. The first kappa shape index (κ1) is 12.1. The van der Waals surface area contributed by atoms with E-state index in [0.717, 1.165) is 18.8 Å². The number of hydrogen-bond acceptors (Lipinski definition) is 4. The van der Waals surface area contributed by atoms with Crippen molar-refractivity contribution in [1.82, 2.24) is 20.2 Å². The Morgan fingerprint density at radius 3 is 3.24 bits per heavy atom. The third-order valence-corrected chi connectivity index (χ3v) is 3.01. The van der Waals surface area contributed by atoms with Crippen LogP contribution in [0.25, 0.3) is 0 Å². The van der Waals surface area contributed by atoms with E-state index >= 15 is 0 Å². The number of aromatic nitrogens is 2. The van der Waals surface area contributed by atoms with Gasteiger partial charge < -0.3 is 15.0 Å². The summed E-state index contributed by atoms with van der Waals surface area (Å²) in [6.45, 7) is 4.57. The molecule has 2 heterocycles. The Kier molecular flexibility index (Phi) is 3.44. The lowest BCUT2D eigenvalue weighted by Gasteiger charge is -2.38. The molecular formula is C11H18N4O2. The summed E-state index contributed by atoms with van der Waals surface area (Å²) in [5.41, 5.74) is 0.290. The molecule has 1 saturated heterocycles. The van der Waals surface area contributed by atoms with E-state index in [9.17, 15) is 4.79 Å². The number of nitrogens with one attached hydrogen (secondary N) is 2. The molecule has 1 fully saturated rings. The maximum Gasteiger partial charge on any atom is 0.253 e. The Balaban J connectivity index is 1.99. The number of aromatic amines is 1. The zero-order chi connectivity index (χ0) is 12.3. The molecule has 0 spiro atoms. The molecule has 1 aliphatic rings. The van der Waals surface area contributed by atoms with E-state index < -0.39 is 5.60 Å². The van der Waals surface area contributed by atoms with Crippen LogP contribution < -0.4 is 5.32 Å². The van der Waals surface area contributed by atoms with Crippen molar-refractivity contribution in [3.63, 3.8) is 0 Å². The molecule has 6 heteroatoms. The van der Waals surface area contributed by atoms with Gasteiger partial charge in [-0.1, -0.05) is 0 Å². The van der Waals surface area contributed by atoms with Gasteiger partial charge in [-0.3, -0.25) is 9.69 Å². The van der Waals surface area contributed by atoms with Crippen molar-refractivity contribution in [3.05, 3.63) is 18.2 Å². The molecule has 0 saturated carbocycles. The molecule has 0 aromatic carbocycles. The highest BCUT2D eigenvalue weighted by molar-refractivity contribution is 5.84. The van der Waals surface area contributed by atoms with Crippen molar-refractivity contribution >= 4 is 5.91 Å². The minimum atomic E-state index is -0.757. The highest BCUT2D eigenvalue weighted by Crippen LogP contribution is 2.19. The normalized spacial score (nSPS) is 25.8. The summed E-state index contributed by atoms with van der Waals surface area (Å²) in [4.78, 5) is 21.0. The first-order valence-corrected chi connectivity index (χ1v) is 5.70. The van der Waals surface area contributed by atoms with Crippen LogP contribution in [-0.2, 0) is 16.1 Å². The van der Waals surface area contributed by atoms with Crippen LogP contribution >= 0.6 is 0 Å². The van der Waals surface area contributed by atoms with Gasteiger partial charge in [0, 0.05) is 38.6 Å². The molecule has 1 aromatic heterocycles. The average Bonchev–Trinajstić information content (AvgIpc) is 2.81. The molecule has 0 radical (unpaired) electrons. The lowest BCUT2D eigenvalue weighted by Crippen LogP contribution is -2.57. The minimum absolute atomic E-state index is 0.0770. The number of carbonyl (C=O) groups is 1. The highest BCUT2D eigenvalue weighted by atomic mass is 16.5. The van der Waals surface area contributed by atoms with Gasteiger partial charge in [-0.2, -0.15) is 0 Å². The summed E-state index contributed by atoms with van der Waals surface area (Å²) in [5.74, 6) is -0.0770. The number of carbonyl (C=O) groups excluding carboxylic acids is 1. The standard InChI is InChI=1S/C11H18N4O2/c1-11(10(16)12-2)7-15(3-4-17-11)6-9-5-13-8-14-9/h5,8H,3-4,6-7H2,1-2H3,(H,12,16)(H,13,14)/t11-/m0/s1. The number of H-pyrrole nitrogens is 1. The number of ether oxygens (including phenoxy) is 1. The number of morpholine rings is 1. The van der Waals surface area contributed by atoms with Gasteiger partial charge in [0.1, 0.15) is 0 Å². The number of likely N-dealkylation sites (N-methyl/N-ethyl adjacent to an activating group) is 1. The second kappa shape index (κ2) is 4.85. The van der Waals surface area contributed by atoms with Gasteiger partial charge in [0.25, 0.3) is 5.91 Å². The smallest absolute Gasteiger partial charge is 0.253 e. The third-order valence-electron chi connectivity index (χ3n) is 3.01. The Morgan fingerprint density at radius 1 is 1.76 bits per heavy atom. The SMILES string of the molecule is CNC(=O)[C@]1(C)CN(Cc2cnc[nH]2)CCO1. The fraction of sp³-hybridized carbons (Fsp3) is 0.636. The van der Waals surface area contributed by atoms with Crippen LogP contribution in [0.2, 0.25) is 0 Å². The van der Waals surface area contributed by atoms with Crippen LogP contribution in [0.15, 0.2) is 12.5 Å². The van der Waals surface area contributed by atoms with Crippen molar-refractivity contribution < 1.29 is 9.53 Å². The van der Waals surface area contributed by atoms with Gasteiger partial charge in [-0.15, -0.1) is 0 Å². The molecule has 1 aliphatic heterocycles. The number of hydrogen-bond donors (Lipinski definition) is 2. The minimum Gasteiger partial charge on any atom is -0.363 e. The van der Waals surface area contributed by atoms with Gasteiger partial charge >= 0.3 is 0 Å². The molecule has 17 heavy (non-hydrogen) atoms. The second-order valence-corrected chi connectivity index (χ2v) is 4.45. The van der Waals surface area contributed by atoms with Crippen LogP contribution in [-0.4, -0.2) is 53.1 Å². The Morgan fingerprint density at radius 2 is 2.59 bits per heavy atom. The molecule has 1 aromatic rings. The molecule has 1 amide bonds. The van der Waals surface area contributed by atoms with Gasteiger partial charge in [0.2, 0.25) is 0 Å². The number of amides is 1. The predicted molar refractivity (Wildman–Crippen MR) is 62.3 cm³/mol. The predicted octanol–water partition coefficient (Wildman–Crippen LogP) is -0.253. The summed E-state index contributed by atoms with van der Waals surface area (Å²) in [6.07, 6.45) is 3.46. The van der Waals surface area contributed by atoms with E-state index in [1.54, 1.807) is 19.6 Å². The van der Waals surface area contributed by atoms with Crippen molar-refractivity contribution in [2.75, 3.05) is 26.7 Å². The number of rotatable bonds is 3. The first-order chi connectivity index (χ1) is 8.14. The van der Waals surface area contributed by atoms with E-state index in [1.165, 1.54) is 0 Å². The fourth-order valence-electron chi connectivity index (χ4n) is 2.10. The van der Waals surface area contributed by atoms with Gasteiger partial charge in [0.05, 0.1) is 12.9 Å². The summed E-state index contributed by atoms with van der Waals surface area (Å²) >= 11 is 0. The van der Waals surface area contributed by atoms with Gasteiger partial charge in [-0.05, 0) is 6.92 Å². The van der Waals surface area contributed by atoms with E-state index in [-0.39, 0.29) is 5.91 Å². The molecule has 1 atom stereocenters. The van der Waals surface area contributed by atoms with E-state index in [2.05, 4.69) is 20.2 Å². The van der Waals surface area contributed by atoms with Gasteiger partial charge in [0.15, 0.2) is 5.60 Å². The quantitative estimate of drug-likeness (QED) is 0.761. The molecule has 6 nitrogen and oxygen atoms in total. The van der Waals surface area contributed by atoms with Crippen molar-refractivity contribution in [1.29, 1.82) is 0 Å². The molecular weight excluding hydrogens is 220 g/mol. The van der Waals surface area contributed by atoms with Crippen LogP contribution in [0.1, 0.15) is 12.6 Å². The van der Waals surface area contributed by atoms with Crippen molar-refractivity contribution in [2.24, 2.45) is 0 Å². The molecule has 0 aliphatic carbocycles. The van der Waals surface area contributed by atoms with Gasteiger partial charge in [-0.25, -0.2) is 4.98 Å². The lowest BCUT2D eigenvalue weighted by molar-refractivity contribution is -0.156. The number of nitrogens with zero attached hydrogens (tertiary/aromatic N) is 2. The topological polar surface area (TPSA) is 70.2 Å². The van der Waals surface area contributed by atoms with Crippen LogP contribution in [0.5, 0.6) is 0 Å². The maximum atomic E-state index is 11.8. The summed E-state index contributed by atoms with van der Waals surface area (Å²) in [6, 6.07) is 0. The summed E-state index contributed by atoms with van der Waals surface area (Å²) < 4.78 is 5.59. The van der Waals surface area contributed by atoms with E-state index in [4.69, 9.17) is 4.74 Å². The molecule has 2 rings (SSSR count). The third kappa shape index (κ3) is 2.65. The number of imidazole rings is 1. The second-order valence-electron chi connectivity index (χ2n) is 4.45. The average molecular weight is 238 g/mol. The Labute approximate surface area is 100 Å². The molecule has 94 valence electrons. The maximum absolute atomic E-state index is 11.8. The summed E-state index contributed by atoms with van der Waals surface area (Å²) in [5, 5.41) is 2.64. The van der Waals surface area contributed by atoms with Crippen LogP contribution in [0.4, 0.5) is 0 Å². The monoisotopic (exact) mass is 238 g/mol. The Bertz CT molecular complexity index is 379. The fourth-order valence-corrected chi connectivity index (χ4v) is 2.10. The molecule has 0 unspecified atom stereocenters. The van der Waals surface area contributed by atoms with Crippen LogP contribution in [0.3, 0.4) is 0 Å². The summed E-state index contributed by atoms with van der Waals surface area (Å²) in [7, 11) is 1.63. The zero-order valence-electron chi connectivity index (χ0n) is 10.2. The zero-order valence-corrected chi connectivity index (χ0v) is 10.2. The lowest BCUT2D eigenvalue weighted by atomic mass is 10.0. The van der Waals surface area contributed by atoms with E-state index in [0.29, 0.717) is 13.2 Å². The van der Waals surface area contributed by atoms with Crippen molar-refractivity contribution in [2.45, 2.75) is 19.1 Å². The molecule has 2 N–H and O–H groups in total. The largest absolute Gasteiger partial charge is 0.363 e. The van der Waals surface area contributed by atoms with Crippen LogP contribution in [0, 0.1) is 0 Å².